The first-order valence-corrected chi connectivity index (χ1v) is 14.4. The van der Waals surface area contributed by atoms with Gasteiger partial charge in [-0.15, -0.1) is 0 Å². The van der Waals surface area contributed by atoms with Gasteiger partial charge in [0, 0.05) is 38.9 Å². The summed E-state index contributed by atoms with van der Waals surface area (Å²) in [5, 5.41) is 10.9. The number of piperidine rings is 1. The van der Waals surface area contributed by atoms with Crippen LogP contribution in [0.25, 0.3) is 0 Å². The van der Waals surface area contributed by atoms with Gasteiger partial charge < -0.3 is 33.9 Å². The maximum atomic E-state index is 10.2. The Hall–Kier alpha value is -2.18. The van der Waals surface area contributed by atoms with Crippen molar-refractivity contribution in [1.29, 1.82) is 0 Å². The number of hydrogen-bond donors (Lipinski definition) is 1. The third-order valence-electron chi connectivity index (χ3n) is 8.28. The second-order valence-corrected chi connectivity index (χ2v) is 12.1. The molecule has 0 unspecified atom stereocenters. The molecule has 1 spiro atoms. The molecule has 0 bridgehead atoms. The summed E-state index contributed by atoms with van der Waals surface area (Å²) in [6.07, 6.45) is 8.29. The maximum Gasteiger partial charge on any atom is 0.175 e. The summed E-state index contributed by atoms with van der Waals surface area (Å²) in [5.74, 6) is 2.87. The smallest absolute Gasteiger partial charge is 0.175 e. The van der Waals surface area contributed by atoms with E-state index in [-0.39, 0.29) is 6.61 Å². The topological polar surface area (TPSA) is 102 Å². The lowest BCUT2D eigenvalue weighted by molar-refractivity contribution is -0.0414. The van der Waals surface area contributed by atoms with Crippen LogP contribution in [0, 0.1) is 11.3 Å². The van der Waals surface area contributed by atoms with E-state index in [1.54, 1.807) is 7.11 Å². The lowest BCUT2D eigenvalue weighted by Crippen LogP contribution is -2.41. The van der Waals surface area contributed by atoms with Crippen molar-refractivity contribution in [2.24, 2.45) is 11.3 Å². The van der Waals surface area contributed by atoms with Crippen molar-refractivity contribution >= 4 is 23.4 Å². The van der Waals surface area contributed by atoms with E-state index in [1.165, 1.54) is 11.8 Å². The molecule has 0 saturated carbocycles. The molecule has 0 aromatic carbocycles. The lowest BCUT2D eigenvalue weighted by atomic mass is 9.77. The van der Waals surface area contributed by atoms with Crippen LogP contribution in [0.1, 0.15) is 38.3 Å². The van der Waals surface area contributed by atoms with Crippen LogP contribution in [0.2, 0.25) is 0 Å². The Balaban J connectivity index is 1.15. The third kappa shape index (κ3) is 5.19. The SMILES string of the molecule is COCOC[C@@H]1C[C@@H]2COc3c(Sc4cnc(N5CCC6(CC5)CO[C@@H](C)C6)c(CO)n4)ccnc3N2C1. The molecular weight excluding hydrogens is 506 g/mol. The minimum Gasteiger partial charge on any atom is -0.486 e. The van der Waals surface area contributed by atoms with Gasteiger partial charge in [-0.1, -0.05) is 11.8 Å². The van der Waals surface area contributed by atoms with Gasteiger partial charge in [0.2, 0.25) is 0 Å². The number of aromatic nitrogens is 3. The first kappa shape index (κ1) is 26.1. The molecule has 6 rings (SSSR count). The summed E-state index contributed by atoms with van der Waals surface area (Å²) in [6.45, 7) is 7.18. The predicted octanol–water partition coefficient (Wildman–Crippen LogP) is 3.12. The van der Waals surface area contributed by atoms with E-state index < -0.39 is 0 Å². The van der Waals surface area contributed by atoms with Crippen molar-refractivity contribution in [3.8, 4) is 5.75 Å². The number of anilines is 2. The fourth-order valence-electron chi connectivity index (χ4n) is 6.39. The van der Waals surface area contributed by atoms with E-state index in [0.29, 0.717) is 49.2 Å². The van der Waals surface area contributed by atoms with Crippen LogP contribution in [0.3, 0.4) is 0 Å². The van der Waals surface area contributed by atoms with Crippen molar-refractivity contribution in [3.63, 3.8) is 0 Å². The van der Waals surface area contributed by atoms with Crippen molar-refractivity contribution < 1.29 is 24.1 Å². The Labute approximate surface area is 228 Å². The van der Waals surface area contributed by atoms with E-state index in [0.717, 1.165) is 79.2 Å². The number of rotatable bonds is 8. The number of methoxy groups -OCH3 is 1. The van der Waals surface area contributed by atoms with Gasteiger partial charge in [-0.05, 0) is 44.1 Å². The molecule has 0 amide bonds. The zero-order chi connectivity index (χ0) is 26.1. The number of fused-ring (bicyclic) bond motifs is 3. The molecule has 206 valence electrons. The van der Waals surface area contributed by atoms with Crippen molar-refractivity contribution in [2.75, 3.05) is 63.2 Å². The number of pyridine rings is 1. The van der Waals surface area contributed by atoms with Gasteiger partial charge in [0.15, 0.2) is 17.4 Å². The van der Waals surface area contributed by atoms with Crippen molar-refractivity contribution in [2.45, 2.75) is 61.3 Å². The van der Waals surface area contributed by atoms with Crippen LogP contribution in [0.15, 0.2) is 28.4 Å². The second kappa shape index (κ2) is 11.1. The number of aliphatic hydroxyl groups is 1. The molecule has 3 saturated heterocycles. The Bertz CT molecular complexity index is 1130. The van der Waals surface area contributed by atoms with Crippen LogP contribution in [-0.4, -0.2) is 85.6 Å². The Morgan fingerprint density at radius 1 is 1.24 bits per heavy atom. The van der Waals surface area contributed by atoms with Crippen LogP contribution in [0.5, 0.6) is 5.75 Å². The molecule has 0 aliphatic carbocycles. The van der Waals surface area contributed by atoms with Gasteiger partial charge in [-0.3, -0.25) is 0 Å². The summed E-state index contributed by atoms with van der Waals surface area (Å²) >= 11 is 1.50. The first-order chi connectivity index (χ1) is 18.6. The molecular formula is C27H37N5O5S. The fourth-order valence-corrected chi connectivity index (χ4v) is 7.25. The molecule has 0 radical (unpaired) electrons. The molecule has 11 heteroatoms. The molecule has 1 N–H and O–H groups in total. The van der Waals surface area contributed by atoms with Crippen LogP contribution in [-0.2, 0) is 20.8 Å². The van der Waals surface area contributed by atoms with Crippen molar-refractivity contribution in [1.82, 2.24) is 15.0 Å². The quantitative estimate of drug-likeness (QED) is 0.392. The molecule has 6 heterocycles. The molecule has 4 aliphatic rings. The normalized spacial score (nSPS) is 25.9. The summed E-state index contributed by atoms with van der Waals surface area (Å²) in [7, 11) is 1.64. The van der Waals surface area contributed by atoms with E-state index >= 15 is 0 Å². The molecule has 2 aromatic rings. The average Bonchev–Trinajstić information content (AvgIpc) is 3.52. The van der Waals surface area contributed by atoms with Gasteiger partial charge in [-0.2, -0.15) is 0 Å². The van der Waals surface area contributed by atoms with Crippen molar-refractivity contribution in [3.05, 3.63) is 24.2 Å². The van der Waals surface area contributed by atoms with Crippen LogP contribution in [0.4, 0.5) is 11.6 Å². The zero-order valence-corrected chi connectivity index (χ0v) is 23.0. The maximum absolute atomic E-state index is 10.2. The van der Waals surface area contributed by atoms with Crippen LogP contribution >= 0.6 is 11.8 Å². The van der Waals surface area contributed by atoms with Gasteiger partial charge in [0.1, 0.15) is 24.1 Å². The van der Waals surface area contributed by atoms with Crippen LogP contribution < -0.4 is 14.5 Å². The summed E-state index contributed by atoms with van der Waals surface area (Å²) < 4.78 is 22.7. The molecule has 38 heavy (non-hydrogen) atoms. The van der Waals surface area contributed by atoms with Gasteiger partial charge in [0.05, 0.1) is 43.1 Å². The Morgan fingerprint density at radius 2 is 2.11 bits per heavy atom. The highest BCUT2D eigenvalue weighted by Crippen LogP contribution is 2.46. The number of hydrogen-bond acceptors (Lipinski definition) is 11. The molecule has 10 nitrogen and oxygen atoms in total. The largest absolute Gasteiger partial charge is 0.486 e. The highest BCUT2D eigenvalue weighted by atomic mass is 32.2. The standard InChI is InChI=1S/C27H37N5O5S/c1-18-10-27(16-37-18)4-7-31(8-5-27)25-21(13-33)30-23(11-29-25)38-22-3-6-28-26-24(22)36-15-20-9-19(12-32(20)26)14-35-17-34-2/h3,6,11,18-20,33H,4-5,7-10,12-17H2,1-2H3/t18-,19+,20+/m0/s1. The molecule has 3 fully saturated rings. The van der Waals surface area contributed by atoms with Gasteiger partial charge >= 0.3 is 0 Å². The summed E-state index contributed by atoms with van der Waals surface area (Å²) in [5.41, 5.74) is 0.911. The fraction of sp³-hybridized carbons (Fsp3) is 0.667. The summed E-state index contributed by atoms with van der Waals surface area (Å²) in [6, 6.07) is 2.26. The van der Waals surface area contributed by atoms with E-state index in [1.807, 2.05) is 18.5 Å². The Kier molecular flexibility index (Phi) is 7.63. The molecule has 2 aromatic heterocycles. The zero-order valence-electron chi connectivity index (χ0n) is 22.2. The number of ether oxygens (including phenoxy) is 4. The first-order valence-electron chi connectivity index (χ1n) is 13.5. The monoisotopic (exact) mass is 543 g/mol. The second-order valence-electron chi connectivity index (χ2n) is 11.0. The summed E-state index contributed by atoms with van der Waals surface area (Å²) in [4.78, 5) is 19.8. The van der Waals surface area contributed by atoms with Gasteiger partial charge in [-0.25, -0.2) is 15.0 Å². The molecule has 3 atom stereocenters. The Morgan fingerprint density at radius 3 is 2.87 bits per heavy atom. The minimum absolute atomic E-state index is 0.147. The van der Waals surface area contributed by atoms with E-state index in [9.17, 15) is 5.11 Å². The van der Waals surface area contributed by atoms with E-state index in [2.05, 4.69) is 21.7 Å². The molecule has 4 aliphatic heterocycles. The minimum atomic E-state index is -0.147. The van der Waals surface area contributed by atoms with Gasteiger partial charge in [0.25, 0.3) is 0 Å². The number of aliphatic hydroxyl groups excluding tert-OH is 1. The highest BCUT2D eigenvalue weighted by Gasteiger charge is 2.42. The highest BCUT2D eigenvalue weighted by molar-refractivity contribution is 7.99. The predicted molar refractivity (Wildman–Crippen MR) is 143 cm³/mol. The average molecular weight is 544 g/mol. The lowest BCUT2D eigenvalue weighted by Gasteiger charge is -2.39. The van der Waals surface area contributed by atoms with E-state index in [4.69, 9.17) is 28.9 Å². The number of nitrogens with zero attached hydrogens (tertiary/aromatic N) is 5. The third-order valence-corrected chi connectivity index (χ3v) is 9.23.